The molecule has 1 aliphatic rings. The Balaban J connectivity index is 2.45. The van der Waals surface area contributed by atoms with Crippen LogP contribution in [0, 0.1) is 0 Å². The van der Waals surface area contributed by atoms with E-state index in [1.54, 1.807) is 6.07 Å². The van der Waals surface area contributed by atoms with Gasteiger partial charge in [-0.25, -0.2) is 0 Å². The van der Waals surface area contributed by atoms with Crippen molar-refractivity contribution >= 4 is 28.1 Å². The van der Waals surface area contributed by atoms with Crippen LogP contribution in [0.4, 0.5) is 5.69 Å². The van der Waals surface area contributed by atoms with E-state index in [2.05, 4.69) is 5.32 Å². The van der Waals surface area contributed by atoms with Gasteiger partial charge in [0.15, 0.2) is 0 Å². The quantitative estimate of drug-likeness (QED) is 0.667. The molecule has 0 fully saturated rings. The minimum absolute atomic E-state index is 0.00880. The van der Waals surface area contributed by atoms with Crippen LogP contribution in [0.25, 0.3) is 10.8 Å². The van der Waals surface area contributed by atoms with Crippen LogP contribution < -0.4 is 5.32 Å². The molecule has 1 aliphatic heterocycles. The average Bonchev–Trinajstić information content (AvgIpc) is 2.61. The highest BCUT2D eigenvalue weighted by Crippen LogP contribution is 2.42. The topological polar surface area (TPSA) is 32.3 Å². The summed E-state index contributed by atoms with van der Waals surface area (Å²) in [7, 11) is 0. The molecule has 0 aliphatic carbocycles. The van der Waals surface area contributed by atoms with Gasteiger partial charge in [0, 0.05) is 29.2 Å². The summed E-state index contributed by atoms with van der Waals surface area (Å²) in [6.07, 6.45) is 0. The van der Waals surface area contributed by atoms with Gasteiger partial charge in [-0.3, -0.25) is 0 Å². The normalized spacial score (nSPS) is 18.9. The van der Waals surface area contributed by atoms with Gasteiger partial charge in [0.1, 0.15) is 5.75 Å². The van der Waals surface area contributed by atoms with Crippen LogP contribution in [0.3, 0.4) is 0 Å². The molecule has 76 valence electrons. The molecule has 2 nitrogen and oxygen atoms in total. The lowest BCUT2D eigenvalue weighted by Gasteiger charge is -2.08. The fraction of sp³-hybridized carbons (Fsp3) is 0.167. The summed E-state index contributed by atoms with van der Waals surface area (Å²) in [6, 6.07) is 9.53. The fourth-order valence-electron chi connectivity index (χ4n) is 2.16. The monoisotopic (exact) mass is 219 g/mol. The Hall–Kier alpha value is -1.41. The molecule has 2 aromatic carbocycles. The molecule has 0 bridgehead atoms. The number of benzene rings is 2. The number of hydrogen-bond donors (Lipinski definition) is 2. The van der Waals surface area contributed by atoms with Crippen LogP contribution in [0.1, 0.15) is 10.9 Å². The van der Waals surface area contributed by atoms with Gasteiger partial charge in [-0.05, 0) is 5.39 Å². The van der Waals surface area contributed by atoms with Crippen molar-refractivity contribution in [2.75, 3.05) is 11.9 Å². The Bertz CT molecular complexity index is 538. The number of nitrogens with one attached hydrogen (secondary N) is 1. The van der Waals surface area contributed by atoms with Crippen LogP contribution >= 0.6 is 11.6 Å². The van der Waals surface area contributed by atoms with E-state index in [-0.39, 0.29) is 5.38 Å². The Labute approximate surface area is 92.5 Å². The van der Waals surface area contributed by atoms with E-state index in [1.807, 2.05) is 24.3 Å². The van der Waals surface area contributed by atoms with Gasteiger partial charge in [-0.2, -0.15) is 0 Å². The van der Waals surface area contributed by atoms with Crippen LogP contribution in [0.15, 0.2) is 30.3 Å². The van der Waals surface area contributed by atoms with Crippen molar-refractivity contribution in [1.82, 2.24) is 0 Å². The Morgan fingerprint density at radius 3 is 2.80 bits per heavy atom. The number of alkyl halides is 1. The third-order valence-corrected chi connectivity index (χ3v) is 3.22. The first-order chi connectivity index (χ1) is 7.27. The van der Waals surface area contributed by atoms with Crippen molar-refractivity contribution in [2.45, 2.75) is 5.38 Å². The lowest BCUT2D eigenvalue weighted by Crippen LogP contribution is -1.93. The van der Waals surface area contributed by atoms with E-state index in [0.29, 0.717) is 5.75 Å². The summed E-state index contributed by atoms with van der Waals surface area (Å²) in [4.78, 5) is 0. The summed E-state index contributed by atoms with van der Waals surface area (Å²) in [5.41, 5.74) is 2.05. The van der Waals surface area contributed by atoms with Gasteiger partial charge in [0.2, 0.25) is 0 Å². The predicted octanol–water partition coefficient (Wildman–Crippen LogP) is 3.25. The largest absolute Gasteiger partial charge is 0.507 e. The van der Waals surface area contributed by atoms with Crippen molar-refractivity contribution in [1.29, 1.82) is 0 Å². The van der Waals surface area contributed by atoms with Crippen molar-refractivity contribution in [2.24, 2.45) is 0 Å². The molecule has 3 rings (SSSR count). The van der Waals surface area contributed by atoms with Gasteiger partial charge in [0.25, 0.3) is 0 Å². The third kappa shape index (κ3) is 1.18. The van der Waals surface area contributed by atoms with Gasteiger partial charge < -0.3 is 10.4 Å². The van der Waals surface area contributed by atoms with Gasteiger partial charge in [-0.1, -0.05) is 24.3 Å². The predicted molar refractivity (Wildman–Crippen MR) is 62.7 cm³/mol. The smallest absolute Gasteiger partial charge is 0.125 e. The van der Waals surface area contributed by atoms with Gasteiger partial charge in [-0.15, -0.1) is 11.6 Å². The maximum atomic E-state index is 9.84. The van der Waals surface area contributed by atoms with E-state index < -0.39 is 0 Å². The SMILES string of the molecule is Oc1cc2c(c3ccccc13)C(Cl)CN2. The summed E-state index contributed by atoms with van der Waals surface area (Å²) < 4.78 is 0. The summed E-state index contributed by atoms with van der Waals surface area (Å²) in [6.45, 7) is 0.727. The molecule has 0 spiro atoms. The van der Waals surface area contributed by atoms with E-state index in [1.165, 1.54) is 0 Å². The van der Waals surface area contributed by atoms with Crippen molar-refractivity contribution in [3.8, 4) is 5.75 Å². The molecule has 2 N–H and O–H groups in total. The zero-order chi connectivity index (χ0) is 10.4. The Morgan fingerprint density at radius 2 is 2.00 bits per heavy atom. The van der Waals surface area contributed by atoms with E-state index in [9.17, 15) is 5.11 Å². The highest BCUT2D eigenvalue weighted by Gasteiger charge is 2.23. The minimum Gasteiger partial charge on any atom is -0.507 e. The lowest BCUT2D eigenvalue weighted by atomic mass is 10.0. The number of phenolic OH excluding ortho intramolecular Hbond substituents is 1. The number of fused-ring (bicyclic) bond motifs is 3. The summed E-state index contributed by atoms with van der Waals surface area (Å²) in [5.74, 6) is 0.308. The molecule has 1 atom stereocenters. The summed E-state index contributed by atoms with van der Waals surface area (Å²) in [5, 5.41) is 14.9. The Kier molecular flexibility index (Phi) is 1.80. The van der Waals surface area contributed by atoms with Crippen LogP contribution in [-0.4, -0.2) is 11.7 Å². The second-order valence-corrected chi connectivity index (χ2v) is 4.28. The second kappa shape index (κ2) is 3.04. The van der Waals surface area contributed by atoms with E-state index >= 15 is 0 Å². The van der Waals surface area contributed by atoms with Gasteiger partial charge >= 0.3 is 0 Å². The first kappa shape index (κ1) is 8.86. The molecule has 0 aromatic heterocycles. The molecule has 1 unspecified atom stereocenters. The maximum Gasteiger partial charge on any atom is 0.125 e. The third-order valence-electron chi connectivity index (χ3n) is 2.85. The molecule has 15 heavy (non-hydrogen) atoms. The second-order valence-electron chi connectivity index (χ2n) is 3.75. The van der Waals surface area contributed by atoms with Crippen molar-refractivity contribution in [3.05, 3.63) is 35.9 Å². The molecule has 2 aromatic rings. The van der Waals surface area contributed by atoms with E-state index in [0.717, 1.165) is 28.6 Å². The molecule has 0 saturated carbocycles. The Morgan fingerprint density at radius 1 is 1.27 bits per heavy atom. The molecule has 0 amide bonds. The first-order valence-corrected chi connectivity index (χ1v) is 5.33. The molecule has 0 radical (unpaired) electrons. The fourth-order valence-corrected chi connectivity index (χ4v) is 2.48. The molecule has 1 heterocycles. The van der Waals surface area contributed by atoms with Crippen LogP contribution in [-0.2, 0) is 0 Å². The first-order valence-electron chi connectivity index (χ1n) is 4.90. The zero-order valence-electron chi connectivity index (χ0n) is 8.00. The summed E-state index contributed by atoms with van der Waals surface area (Å²) >= 11 is 6.23. The molecule has 0 saturated heterocycles. The molecule has 3 heteroatoms. The van der Waals surface area contributed by atoms with Crippen LogP contribution in [0.2, 0.25) is 0 Å². The highest BCUT2D eigenvalue weighted by atomic mass is 35.5. The van der Waals surface area contributed by atoms with Gasteiger partial charge in [0.05, 0.1) is 5.38 Å². The number of rotatable bonds is 0. The standard InChI is InChI=1S/C12H10ClNO/c13-9-6-14-10-5-11(15)7-3-1-2-4-8(7)12(9)10/h1-5,9,14-15H,6H2. The lowest BCUT2D eigenvalue weighted by molar-refractivity contribution is 0.482. The maximum absolute atomic E-state index is 9.84. The molecular formula is C12H10ClNO. The number of anilines is 1. The zero-order valence-corrected chi connectivity index (χ0v) is 8.75. The molecular weight excluding hydrogens is 210 g/mol. The highest BCUT2D eigenvalue weighted by molar-refractivity contribution is 6.23. The minimum atomic E-state index is -0.00880. The number of halogens is 1. The van der Waals surface area contributed by atoms with Crippen molar-refractivity contribution in [3.63, 3.8) is 0 Å². The number of hydrogen-bond acceptors (Lipinski definition) is 2. The average molecular weight is 220 g/mol. The number of phenols is 1. The van der Waals surface area contributed by atoms with Crippen molar-refractivity contribution < 1.29 is 5.11 Å². The van der Waals surface area contributed by atoms with Crippen LogP contribution in [0.5, 0.6) is 5.75 Å². The number of aromatic hydroxyl groups is 1. The van der Waals surface area contributed by atoms with E-state index in [4.69, 9.17) is 11.6 Å².